The molecule has 1 aromatic carbocycles. The summed E-state index contributed by atoms with van der Waals surface area (Å²) in [6.07, 6.45) is 0.935. The van der Waals surface area contributed by atoms with Crippen molar-refractivity contribution >= 4 is 0 Å². The maximum absolute atomic E-state index is 14.0. The van der Waals surface area contributed by atoms with Crippen LogP contribution in [0, 0.1) is 19.7 Å². The van der Waals surface area contributed by atoms with Crippen molar-refractivity contribution in [2.45, 2.75) is 39.5 Å². The van der Waals surface area contributed by atoms with Crippen LogP contribution in [0.5, 0.6) is 0 Å². The number of nitrogens with one attached hydrogen (secondary N) is 1. The van der Waals surface area contributed by atoms with Crippen LogP contribution >= 0.6 is 0 Å². The van der Waals surface area contributed by atoms with E-state index in [1.54, 1.807) is 6.07 Å². The molecule has 0 amide bonds. The van der Waals surface area contributed by atoms with Gasteiger partial charge in [-0.25, -0.2) is 4.39 Å². The Hall–Kier alpha value is -0.890. The lowest BCUT2D eigenvalue weighted by molar-refractivity contribution is 0.439. The van der Waals surface area contributed by atoms with E-state index in [0.29, 0.717) is 0 Å². The van der Waals surface area contributed by atoms with E-state index in [-0.39, 0.29) is 11.2 Å². The van der Waals surface area contributed by atoms with Gasteiger partial charge in [0.05, 0.1) is 0 Å². The van der Waals surface area contributed by atoms with Gasteiger partial charge in [-0.2, -0.15) is 0 Å². The number of aryl methyl sites for hydroxylation is 2. The van der Waals surface area contributed by atoms with Crippen LogP contribution < -0.4 is 5.32 Å². The van der Waals surface area contributed by atoms with Crippen LogP contribution in [0.4, 0.5) is 4.39 Å². The molecule has 0 spiro atoms. The minimum absolute atomic E-state index is 0.0707. The molecular weight excluding hydrogens is 201 g/mol. The van der Waals surface area contributed by atoms with Gasteiger partial charge in [-0.05, 0) is 62.0 Å². The van der Waals surface area contributed by atoms with Crippen LogP contribution in [0.3, 0.4) is 0 Å². The molecule has 0 unspecified atom stereocenters. The molecule has 90 valence electrons. The summed E-state index contributed by atoms with van der Waals surface area (Å²) in [5, 5.41) is 3.12. The Kier molecular flexibility index (Phi) is 4.09. The van der Waals surface area contributed by atoms with Gasteiger partial charge >= 0.3 is 0 Å². The van der Waals surface area contributed by atoms with Gasteiger partial charge in [0.25, 0.3) is 0 Å². The first-order chi connectivity index (χ1) is 7.38. The number of rotatable bonds is 4. The van der Waals surface area contributed by atoms with Crippen LogP contribution in [-0.4, -0.2) is 13.6 Å². The number of hydrogen-bond acceptors (Lipinski definition) is 1. The summed E-state index contributed by atoms with van der Waals surface area (Å²) >= 11 is 0. The van der Waals surface area contributed by atoms with Crippen LogP contribution in [0.2, 0.25) is 0 Å². The van der Waals surface area contributed by atoms with E-state index in [1.165, 1.54) is 0 Å². The van der Waals surface area contributed by atoms with E-state index in [9.17, 15) is 4.39 Å². The minimum atomic E-state index is -0.120. The first kappa shape index (κ1) is 13.2. The van der Waals surface area contributed by atoms with Gasteiger partial charge in [0, 0.05) is 0 Å². The molecule has 1 nitrogen and oxygen atoms in total. The molecule has 16 heavy (non-hydrogen) atoms. The summed E-state index contributed by atoms with van der Waals surface area (Å²) in [7, 11) is 1.93. The first-order valence-electron chi connectivity index (χ1n) is 5.80. The molecule has 0 bridgehead atoms. The van der Waals surface area contributed by atoms with E-state index in [2.05, 4.69) is 25.2 Å². The van der Waals surface area contributed by atoms with E-state index in [0.717, 1.165) is 29.7 Å². The molecule has 0 aliphatic rings. The van der Waals surface area contributed by atoms with Crippen molar-refractivity contribution in [3.63, 3.8) is 0 Å². The Labute approximate surface area is 98.1 Å². The van der Waals surface area contributed by atoms with Crippen molar-refractivity contribution in [2.24, 2.45) is 0 Å². The highest BCUT2D eigenvalue weighted by atomic mass is 19.1. The summed E-state index contributed by atoms with van der Waals surface area (Å²) in [6.45, 7) is 9.03. The molecule has 1 rings (SSSR count). The molecule has 0 radical (unpaired) electrons. The SMILES string of the molecule is CNCCC(C)(C)c1c(C)cc(C)cc1F. The Morgan fingerprint density at radius 3 is 2.38 bits per heavy atom. The molecule has 2 heteroatoms. The Balaban J connectivity index is 3.11. The highest BCUT2D eigenvalue weighted by Gasteiger charge is 2.25. The zero-order chi connectivity index (χ0) is 12.3. The molecule has 0 saturated carbocycles. The van der Waals surface area contributed by atoms with Crippen LogP contribution in [-0.2, 0) is 5.41 Å². The first-order valence-corrected chi connectivity index (χ1v) is 5.80. The standard InChI is InChI=1S/C14H22FN/c1-10-8-11(2)13(12(15)9-10)14(3,4)6-7-16-5/h8-9,16H,6-7H2,1-5H3. The van der Waals surface area contributed by atoms with Crippen LogP contribution in [0.15, 0.2) is 12.1 Å². The topological polar surface area (TPSA) is 12.0 Å². The summed E-state index contributed by atoms with van der Waals surface area (Å²) in [6, 6.07) is 3.68. The second-order valence-corrected chi connectivity index (χ2v) is 5.18. The average molecular weight is 223 g/mol. The van der Waals surface area contributed by atoms with Crippen molar-refractivity contribution in [3.05, 3.63) is 34.6 Å². The molecule has 0 heterocycles. The predicted molar refractivity (Wildman–Crippen MR) is 67.4 cm³/mol. The molecule has 0 saturated heterocycles. The molecule has 0 aromatic heterocycles. The summed E-state index contributed by atoms with van der Waals surface area (Å²) < 4.78 is 14.0. The van der Waals surface area contributed by atoms with Gasteiger partial charge in [-0.3, -0.25) is 0 Å². The maximum Gasteiger partial charge on any atom is 0.127 e. The van der Waals surface area contributed by atoms with Gasteiger partial charge in [-0.1, -0.05) is 19.9 Å². The second kappa shape index (κ2) is 4.96. The zero-order valence-electron chi connectivity index (χ0n) is 10.9. The van der Waals surface area contributed by atoms with Crippen molar-refractivity contribution in [3.8, 4) is 0 Å². The zero-order valence-corrected chi connectivity index (χ0v) is 10.9. The van der Waals surface area contributed by atoms with Crippen LogP contribution in [0.25, 0.3) is 0 Å². The fraction of sp³-hybridized carbons (Fsp3) is 0.571. The largest absolute Gasteiger partial charge is 0.320 e. The third-order valence-corrected chi connectivity index (χ3v) is 3.11. The molecule has 1 aromatic rings. The maximum atomic E-state index is 14.0. The monoisotopic (exact) mass is 223 g/mol. The van der Waals surface area contributed by atoms with Gasteiger partial charge in [-0.15, -0.1) is 0 Å². The minimum Gasteiger partial charge on any atom is -0.320 e. The summed E-state index contributed by atoms with van der Waals surface area (Å²) in [5.41, 5.74) is 2.78. The lowest BCUT2D eigenvalue weighted by Crippen LogP contribution is -2.25. The fourth-order valence-electron chi connectivity index (χ4n) is 2.34. The Morgan fingerprint density at radius 1 is 1.25 bits per heavy atom. The second-order valence-electron chi connectivity index (χ2n) is 5.18. The quantitative estimate of drug-likeness (QED) is 0.825. The molecular formula is C14H22FN. The van der Waals surface area contributed by atoms with Gasteiger partial charge in [0.1, 0.15) is 5.82 Å². The molecule has 0 fully saturated rings. The van der Waals surface area contributed by atoms with Crippen molar-refractivity contribution in [2.75, 3.05) is 13.6 Å². The molecule has 0 aliphatic carbocycles. The smallest absolute Gasteiger partial charge is 0.127 e. The fourth-order valence-corrected chi connectivity index (χ4v) is 2.34. The van der Waals surface area contributed by atoms with Gasteiger partial charge in [0.2, 0.25) is 0 Å². The van der Waals surface area contributed by atoms with Crippen molar-refractivity contribution in [1.82, 2.24) is 5.32 Å². The summed E-state index contributed by atoms with van der Waals surface area (Å²) in [4.78, 5) is 0. The number of benzene rings is 1. The molecule has 0 atom stereocenters. The van der Waals surface area contributed by atoms with Crippen molar-refractivity contribution < 1.29 is 4.39 Å². The predicted octanol–water partition coefficient (Wildman–Crippen LogP) is 3.33. The van der Waals surface area contributed by atoms with E-state index in [4.69, 9.17) is 0 Å². The number of halogens is 1. The third kappa shape index (κ3) is 2.82. The van der Waals surface area contributed by atoms with Gasteiger partial charge in [0.15, 0.2) is 0 Å². The normalized spacial score (nSPS) is 11.9. The lowest BCUT2D eigenvalue weighted by Gasteiger charge is -2.28. The summed E-state index contributed by atoms with van der Waals surface area (Å²) in [5.74, 6) is -0.0707. The lowest BCUT2D eigenvalue weighted by atomic mass is 9.78. The third-order valence-electron chi connectivity index (χ3n) is 3.11. The Bertz CT molecular complexity index is 346. The van der Waals surface area contributed by atoms with E-state index >= 15 is 0 Å². The molecule has 0 aliphatic heterocycles. The highest BCUT2D eigenvalue weighted by Crippen LogP contribution is 2.32. The van der Waals surface area contributed by atoms with Crippen LogP contribution in [0.1, 0.15) is 37.0 Å². The van der Waals surface area contributed by atoms with E-state index in [1.807, 2.05) is 20.9 Å². The van der Waals surface area contributed by atoms with Crippen molar-refractivity contribution in [1.29, 1.82) is 0 Å². The van der Waals surface area contributed by atoms with Gasteiger partial charge < -0.3 is 5.32 Å². The Morgan fingerprint density at radius 2 is 1.88 bits per heavy atom. The highest BCUT2D eigenvalue weighted by molar-refractivity contribution is 5.37. The molecule has 1 N–H and O–H groups in total. The van der Waals surface area contributed by atoms with E-state index < -0.39 is 0 Å². The average Bonchev–Trinajstić information content (AvgIpc) is 2.12. The number of hydrogen-bond donors (Lipinski definition) is 1.